The van der Waals surface area contributed by atoms with Gasteiger partial charge in [0.05, 0.1) is 22.1 Å². The van der Waals surface area contributed by atoms with Crippen molar-refractivity contribution in [2.24, 2.45) is 11.3 Å². The molecule has 3 atom stereocenters. The summed E-state index contributed by atoms with van der Waals surface area (Å²) in [6.07, 6.45) is 4.04. The quantitative estimate of drug-likeness (QED) is 0.545. The Morgan fingerprint density at radius 2 is 1.82 bits per heavy atom. The first-order chi connectivity index (χ1) is 15.8. The molecule has 0 aromatic heterocycles. The highest BCUT2D eigenvalue weighted by Gasteiger charge is 2.74. The maximum atomic E-state index is 13.9. The minimum atomic E-state index is -1.10. The molecule has 6 heteroatoms. The fraction of sp³-hybridized carbons (Fsp3) is 0.370. The van der Waals surface area contributed by atoms with Gasteiger partial charge in [-0.25, -0.2) is 0 Å². The fourth-order valence-electron chi connectivity index (χ4n) is 7.38. The monoisotopic (exact) mass is 439 g/mol. The third-order valence-corrected chi connectivity index (χ3v) is 8.85. The summed E-state index contributed by atoms with van der Waals surface area (Å²) in [6, 6.07) is 15.8. The molecule has 2 spiro atoms. The lowest BCUT2D eigenvalue weighted by molar-refractivity contribution is -0.361. The fourth-order valence-corrected chi connectivity index (χ4v) is 7.38. The van der Waals surface area contributed by atoms with Gasteiger partial charge in [-0.3, -0.25) is 9.59 Å². The summed E-state index contributed by atoms with van der Waals surface area (Å²) in [5, 5.41) is 17.1. The van der Waals surface area contributed by atoms with E-state index in [1.165, 1.54) is 0 Å². The Morgan fingerprint density at radius 1 is 1.06 bits per heavy atom. The minimum Gasteiger partial charge on any atom is -0.618 e. The van der Waals surface area contributed by atoms with E-state index in [0.29, 0.717) is 30.8 Å². The van der Waals surface area contributed by atoms with E-state index in [4.69, 9.17) is 0 Å². The van der Waals surface area contributed by atoms with Crippen LogP contribution in [0.1, 0.15) is 38.7 Å². The number of rotatable bonds is 1. The van der Waals surface area contributed by atoms with Gasteiger partial charge in [-0.2, -0.15) is 4.74 Å². The molecule has 2 aromatic carbocycles. The van der Waals surface area contributed by atoms with E-state index < -0.39 is 16.5 Å². The molecule has 1 N–H and O–H groups in total. The third-order valence-electron chi connectivity index (χ3n) is 8.85. The van der Waals surface area contributed by atoms with Gasteiger partial charge in [-0.05, 0) is 56.9 Å². The van der Waals surface area contributed by atoms with E-state index in [0.717, 1.165) is 33.4 Å². The summed E-state index contributed by atoms with van der Waals surface area (Å²) in [5.74, 6) is -0.225. The molecule has 5 aliphatic heterocycles. The second-order valence-corrected chi connectivity index (χ2v) is 10.7. The zero-order valence-electron chi connectivity index (χ0n) is 18.7. The molecule has 3 unspecified atom stereocenters. The SMILES string of the molecule is CC1(C)C2=[N+]([O-])c3c(cccc3-c3ccccc3)C2=CC23NC(=O)C4(CCCN4C2=O)CC13. The van der Waals surface area contributed by atoms with Crippen molar-refractivity contribution in [3.8, 4) is 11.1 Å². The summed E-state index contributed by atoms with van der Waals surface area (Å²) in [6.45, 7) is 4.76. The summed E-state index contributed by atoms with van der Waals surface area (Å²) in [4.78, 5) is 29.0. The lowest BCUT2D eigenvalue weighted by Gasteiger charge is -2.62. The van der Waals surface area contributed by atoms with E-state index >= 15 is 0 Å². The molecule has 5 heterocycles. The number of para-hydroxylation sites is 1. The third kappa shape index (κ3) is 2.00. The number of fused-ring (bicyclic) bond motifs is 4. The minimum absolute atomic E-state index is 0.0133. The number of piperazine rings is 1. The van der Waals surface area contributed by atoms with Crippen LogP contribution >= 0.6 is 0 Å². The summed E-state index contributed by atoms with van der Waals surface area (Å²) in [7, 11) is 0. The van der Waals surface area contributed by atoms with Gasteiger partial charge < -0.3 is 15.4 Å². The molecule has 2 amide bonds. The number of piperidine rings is 2. The van der Waals surface area contributed by atoms with Crippen LogP contribution in [0.4, 0.5) is 5.69 Å². The Labute approximate surface area is 192 Å². The van der Waals surface area contributed by atoms with Crippen molar-refractivity contribution >= 4 is 28.8 Å². The van der Waals surface area contributed by atoms with Crippen LogP contribution in [0.3, 0.4) is 0 Å². The van der Waals surface area contributed by atoms with Crippen molar-refractivity contribution in [1.82, 2.24) is 10.2 Å². The number of allylic oxidation sites excluding steroid dienone is 1. The standard InChI is InChI=1S/C27H25N3O3/c1-25(2)20-15-26-12-7-13-29(26)24(32)27(20,28-23(26)31)14-19-18-11-6-10-17(16-8-4-3-5-9-16)21(18)30(33)22(19)25/h3-6,8-11,14,20H,7,12-13,15H2,1-2H3,(H,28,31). The zero-order chi connectivity index (χ0) is 22.8. The van der Waals surface area contributed by atoms with E-state index in [9.17, 15) is 14.8 Å². The van der Waals surface area contributed by atoms with Crippen LogP contribution in [0.25, 0.3) is 16.7 Å². The maximum absolute atomic E-state index is 13.9. The molecule has 0 radical (unpaired) electrons. The molecule has 4 saturated heterocycles. The number of benzene rings is 2. The molecule has 2 aromatic rings. The molecular formula is C27H25N3O3. The van der Waals surface area contributed by atoms with Crippen LogP contribution in [-0.2, 0) is 9.59 Å². The normalized spacial score (nSPS) is 32.7. The lowest BCUT2D eigenvalue weighted by Crippen LogP contribution is -2.83. The van der Waals surface area contributed by atoms with Crippen molar-refractivity contribution in [1.29, 1.82) is 0 Å². The molecule has 6 aliphatic rings. The van der Waals surface area contributed by atoms with Crippen LogP contribution in [0.15, 0.2) is 54.6 Å². The molecule has 33 heavy (non-hydrogen) atoms. The molecule has 1 aliphatic carbocycles. The predicted molar refractivity (Wildman–Crippen MR) is 125 cm³/mol. The van der Waals surface area contributed by atoms with E-state index in [1.807, 2.05) is 59.5 Å². The molecule has 4 fully saturated rings. The Bertz CT molecular complexity index is 1340. The molecule has 166 valence electrons. The number of carbonyl (C=O) groups excluding carboxylic acids is 2. The number of hydrogen-bond acceptors (Lipinski definition) is 3. The predicted octanol–water partition coefficient (Wildman–Crippen LogP) is 3.62. The van der Waals surface area contributed by atoms with Gasteiger partial charge >= 0.3 is 0 Å². The van der Waals surface area contributed by atoms with Gasteiger partial charge in [0.25, 0.3) is 5.91 Å². The molecule has 0 saturated carbocycles. The Kier molecular flexibility index (Phi) is 3.32. The highest BCUT2D eigenvalue weighted by molar-refractivity contribution is 6.30. The van der Waals surface area contributed by atoms with Crippen molar-refractivity contribution in [2.45, 2.75) is 44.2 Å². The smallest absolute Gasteiger partial charge is 0.253 e. The average Bonchev–Trinajstić information content (AvgIpc) is 3.36. The first-order valence-electron chi connectivity index (χ1n) is 11.7. The number of carbonyl (C=O) groups is 2. The Hall–Kier alpha value is -3.41. The topological polar surface area (TPSA) is 75.5 Å². The van der Waals surface area contributed by atoms with Crippen LogP contribution in [0.2, 0.25) is 0 Å². The molecule has 8 rings (SSSR count). The van der Waals surface area contributed by atoms with Gasteiger partial charge in [0.15, 0.2) is 0 Å². The van der Waals surface area contributed by atoms with Gasteiger partial charge in [0.2, 0.25) is 17.3 Å². The van der Waals surface area contributed by atoms with Crippen LogP contribution in [0.5, 0.6) is 0 Å². The summed E-state index contributed by atoms with van der Waals surface area (Å²) >= 11 is 0. The van der Waals surface area contributed by atoms with Crippen LogP contribution in [-0.4, -0.2) is 44.8 Å². The van der Waals surface area contributed by atoms with Gasteiger partial charge in [-0.15, -0.1) is 0 Å². The molecule has 2 bridgehead atoms. The van der Waals surface area contributed by atoms with Crippen LogP contribution < -0.4 is 5.32 Å². The zero-order valence-corrected chi connectivity index (χ0v) is 18.7. The summed E-state index contributed by atoms with van der Waals surface area (Å²) in [5.41, 5.74) is 2.33. The number of amides is 2. The Morgan fingerprint density at radius 3 is 2.61 bits per heavy atom. The van der Waals surface area contributed by atoms with Crippen LogP contribution in [0, 0.1) is 16.5 Å². The lowest BCUT2D eigenvalue weighted by atomic mass is 9.51. The Balaban J connectivity index is 1.51. The largest absolute Gasteiger partial charge is 0.618 e. The number of nitrogens with zero attached hydrogens (tertiary/aromatic N) is 2. The van der Waals surface area contributed by atoms with Gasteiger partial charge in [0, 0.05) is 12.5 Å². The first-order valence-corrected chi connectivity index (χ1v) is 11.7. The van der Waals surface area contributed by atoms with E-state index in [-0.39, 0.29) is 17.7 Å². The number of hydrogen-bond donors (Lipinski definition) is 1. The van der Waals surface area contributed by atoms with Crippen molar-refractivity contribution in [3.05, 3.63) is 65.4 Å². The van der Waals surface area contributed by atoms with Crippen molar-refractivity contribution in [2.75, 3.05) is 6.54 Å². The first kappa shape index (κ1) is 19.1. The second kappa shape index (κ2) is 5.74. The molecule has 6 nitrogen and oxygen atoms in total. The van der Waals surface area contributed by atoms with E-state index in [2.05, 4.69) is 19.2 Å². The highest BCUT2D eigenvalue weighted by atomic mass is 16.5. The second-order valence-electron chi connectivity index (χ2n) is 10.7. The average molecular weight is 440 g/mol. The highest BCUT2D eigenvalue weighted by Crippen LogP contribution is 2.60. The maximum Gasteiger partial charge on any atom is 0.253 e. The van der Waals surface area contributed by atoms with Gasteiger partial charge in [-0.1, -0.05) is 36.4 Å². The number of nitrogens with one attached hydrogen (secondary N) is 1. The van der Waals surface area contributed by atoms with Gasteiger partial charge in [0.1, 0.15) is 11.1 Å². The van der Waals surface area contributed by atoms with E-state index in [1.54, 1.807) is 0 Å². The summed E-state index contributed by atoms with van der Waals surface area (Å²) < 4.78 is 1.09. The van der Waals surface area contributed by atoms with Crippen molar-refractivity contribution < 1.29 is 14.3 Å². The molecular weight excluding hydrogens is 414 g/mol. The van der Waals surface area contributed by atoms with Crippen molar-refractivity contribution in [3.63, 3.8) is 0 Å².